The molecule has 1 aliphatic rings. The highest BCUT2D eigenvalue weighted by Gasteiger charge is 2.21. The quantitative estimate of drug-likeness (QED) is 0.300. The summed E-state index contributed by atoms with van der Waals surface area (Å²) in [6, 6.07) is 10.6. The molecule has 3 rings (SSSR count). The molecule has 1 aromatic carbocycles. The maximum Gasteiger partial charge on any atom is 0.0771 e. The van der Waals surface area contributed by atoms with E-state index in [0.717, 1.165) is 18.5 Å². The van der Waals surface area contributed by atoms with Crippen molar-refractivity contribution in [3.63, 3.8) is 0 Å². The van der Waals surface area contributed by atoms with Crippen molar-refractivity contribution in [2.45, 2.75) is 60.3 Å². The zero-order valence-corrected chi connectivity index (χ0v) is 17.2. The topological polar surface area (TPSA) is 17.8 Å². The van der Waals surface area contributed by atoms with Crippen LogP contribution in [-0.4, -0.2) is 9.78 Å². The molecule has 0 saturated carbocycles. The summed E-state index contributed by atoms with van der Waals surface area (Å²) in [4.78, 5) is 0. The number of hydrogen-bond acceptors (Lipinski definition) is 1. The molecule has 0 unspecified atom stereocenters. The van der Waals surface area contributed by atoms with Gasteiger partial charge in [-0.25, -0.2) is 4.68 Å². The van der Waals surface area contributed by atoms with Gasteiger partial charge in [-0.3, -0.25) is 0 Å². The number of allylic oxidation sites excluding steroid dienone is 5. The van der Waals surface area contributed by atoms with Gasteiger partial charge < -0.3 is 0 Å². The number of aryl methyl sites for hydroxylation is 1. The molecule has 0 atom stereocenters. The summed E-state index contributed by atoms with van der Waals surface area (Å²) in [6.45, 7) is 15.8. The maximum atomic E-state index is 4.95. The Kier molecular flexibility index (Phi) is 13.1. The number of fused-ring (bicyclic) bond motifs is 1. The SMILES string of the molecule is C.C=C.C=C/C=C\C=C(/C)n1nc2c(c1-c1ccccc1)CCCCC2.CC. The van der Waals surface area contributed by atoms with Gasteiger partial charge in [0.25, 0.3) is 0 Å². The van der Waals surface area contributed by atoms with Crippen LogP contribution >= 0.6 is 0 Å². The number of nitrogens with zero attached hydrogens (tertiary/aromatic N) is 2. The molecule has 0 amide bonds. The number of benzene rings is 1. The van der Waals surface area contributed by atoms with Crippen molar-refractivity contribution in [2.75, 3.05) is 0 Å². The molecule has 0 radical (unpaired) electrons. The van der Waals surface area contributed by atoms with Crippen LogP contribution in [0.4, 0.5) is 0 Å². The van der Waals surface area contributed by atoms with Crippen LogP contribution in [0.2, 0.25) is 0 Å². The Labute approximate surface area is 173 Å². The lowest BCUT2D eigenvalue weighted by Crippen LogP contribution is -2.00. The van der Waals surface area contributed by atoms with Crippen molar-refractivity contribution in [3.05, 3.63) is 85.6 Å². The molecule has 2 nitrogen and oxygen atoms in total. The van der Waals surface area contributed by atoms with Gasteiger partial charge in [0.15, 0.2) is 0 Å². The van der Waals surface area contributed by atoms with Gasteiger partial charge in [-0.05, 0) is 38.7 Å². The monoisotopic (exact) mass is 378 g/mol. The molecule has 0 saturated heterocycles. The van der Waals surface area contributed by atoms with Crippen LogP contribution in [0.25, 0.3) is 17.0 Å². The summed E-state index contributed by atoms with van der Waals surface area (Å²) in [6.07, 6.45) is 13.9. The zero-order chi connectivity index (χ0) is 20.1. The molecule has 0 aliphatic heterocycles. The van der Waals surface area contributed by atoms with Gasteiger partial charge in [-0.1, -0.05) is 82.8 Å². The minimum Gasteiger partial charge on any atom is -0.237 e. The van der Waals surface area contributed by atoms with E-state index in [-0.39, 0.29) is 7.43 Å². The smallest absolute Gasteiger partial charge is 0.0771 e. The van der Waals surface area contributed by atoms with E-state index >= 15 is 0 Å². The Morgan fingerprint density at radius 3 is 2.29 bits per heavy atom. The van der Waals surface area contributed by atoms with Crippen LogP contribution < -0.4 is 0 Å². The van der Waals surface area contributed by atoms with E-state index in [9.17, 15) is 0 Å². The van der Waals surface area contributed by atoms with E-state index in [1.807, 2.05) is 26.0 Å². The van der Waals surface area contributed by atoms with Crippen LogP contribution in [0, 0.1) is 0 Å². The molecule has 0 bridgehead atoms. The molecule has 0 spiro atoms. The second-order valence-corrected chi connectivity index (χ2v) is 6.04. The molecular weight excluding hydrogens is 340 g/mol. The van der Waals surface area contributed by atoms with E-state index in [1.165, 1.54) is 41.8 Å². The highest BCUT2D eigenvalue weighted by Crippen LogP contribution is 2.32. The second kappa shape index (κ2) is 14.4. The van der Waals surface area contributed by atoms with Gasteiger partial charge in [0, 0.05) is 16.8 Å². The molecule has 0 fully saturated rings. The summed E-state index contributed by atoms with van der Waals surface area (Å²) < 4.78 is 2.12. The first-order valence-electron chi connectivity index (χ1n) is 9.94. The van der Waals surface area contributed by atoms with Crippen molar-refractivity contribution < 1.29 is 0 Å². The molecule has 1 aromatic heterocycles. The first-order chi connectivity index (χ1) is 13.3. The number of rotatable bonds is 4. The Morgan fingerprint density at radius 2 is 1.64 bits per heavy atom. The molecular formula is C26H38N2. The standard InChI is InChI=1S/C21H24N2.C2H6.C2H4.CH4/c1-3-4-7-12-17(2)23-21(18-13-8-5-9-14-18)19-15-10-6-11-16-20(19)22-23;2*1-2;/h3-5,7-9,12-14H,1,6,10-11,15-16H2,2H3;1-2H3;1-2H2;1H4/b7-4-,17-12+;;;. The summed E-state index contributed by atoms with van der Waals surface area (Å²) in [5.41, 5.74) is 6.37. The zero-order valence-electron chi connectivity index (χ0n) is 17.2. The van der Waals surface area contributed by atoms with Gasteiger partial charge in [0.1, 0.15) is 0 Å². The summed E-state index contributed by atoms with van der Waals surface area (Å²) in [5.74, 6) is 0. The molecule has 2 heteroatoms. The maximum absolute atomic E-state index is 4.95. The highest BCUT2D eigenvalue weighted by molar-refractivity contribution is 5.69. The first kappa shape index (κ1) is 25.4. The highest BCUT2D eigenvalue weighted by atomic mass is 15.3. The fraction of sp³-hybridized carbons (Fsp3) is 0.346. The average Bonchev–Trinajstić information content (AvgIpc) is 2.94. The van der Waals surface area contributed by atoms with Crippen molar-refractivity contribution in [1.82, 2.24) is 9.78 Å². The first-order valence-corrected chi connectivity index (χ1v) is 9.94. The normalized spacial score (nSPS) is 13.0. The molecule has 28 heavy (non-hydrogen) atoms. The minimum absolute atomic E-state index is 0. The molecule has 152 valence electrons. The molecule has 2 aromatic rings. The number of aromatic nitrogens is 2. The average molecular weight is 379 g/mol. The minimum atomic E-state index is 0. The lowest BCUT2D eigenvalue weighted by Gasteiger charge is -2.10. The van der Waals surface area contributed by atoms with Gasteiger partial charge in [-0.15, -0.1) is 13.2 Å². The van der Waals surface area contributed by atoms with E-state index in [0.29, 0.717) is 0 Å². The lowest BCUT2D eigenvalue weighted by atomic mass is 10.0. The molecule has 1 aliphatic carbocycles. The van der Waals surface area contributed by atoms with Crippen molar-refractivity contribution in [2.24, 2.45) is 0 Å². The predicted molar refractivity (Wildman–Crippen MR) is 128 cm³/mol. The van der Waals surface area contributed by atoms with Crippen molar-refractivity contribution in [1.29, 1.82) is 0 Å². The largest absolute Gasteiger partial charge is 0.237 e. The van der Waals surface area contributed by atoms with Gasteiger partial charge >= 0.3 is 0 Å². The van der Waals surface area contributed by atoms with E-state index in [1.54, 1.807) is 6.08 Å². The van der Waals surface area contributed by atoms with Crippen molar-refractivity contribution in [3.8, 4) is 11.3 Å². The van der Waals surface area contributed by atoms with Crippen LogP contribution in [0.1, 0.15) is 58.7 Å². The van der Waals surface area contributed by atoms with Gasteiger partial charge in [0.05, 0.1) is 11.4 Å². The summed E-state index contributed by atoms with van der Waals surface area (Å²) in [7, 11) is 0. The second-order valence-electron chi connectivity index (χ2n) is 6.04. The Bertz CT molecular complexity index is 748. The summed E-state index contributed by atoms with van der Waals surface area (Å²) in [5, 5.41) is 4.95. The summed E-state index contributed by atoms with van der Waals surface area (Å²) >= 11 is 0. The number of hydrogen-bond donors (Lipinski definition) is 0. The van der Waals surface area contributed by atoms with Crippen molar-refractivity contribution >= 4 is 5.70 Å². The van der Waals surface area contributed by atoms with E-state index in [2.05, 4.69) is 67.8 Å². The van der Waals surface area contributed by atoms with Gasteiger partial charge in [0.2, 0.25) is 0 Å². The van der Waals surface area contributed by atoms with E-state index < -0.39 is 0 Å². The van der Waals surface area contributed by atoms with E-state index in [4.69, 9.17) is 5.10 Å². The third kappa shape index (κ3) is 6.53. The fourth-order valence-electron chi connectivity index (χ4n) is 3.22. The van der Waals surface area contributed by atoms with Crippen LogP contribution in [0.5, 0.6) is 0 Å². The third-order valence-electron chi connectivity index (χ3n) is 4.37. The Balaban J connectivity index is 0.00000137. The third-order valence-corrected chi connectivity index (χ3v) is 4.37. The van der Waals surface area contributed by atoms with Gasteiger partial charge in [-0.2, -0.15) is 5.10 Å². The fourth-order valence-corrected chi connectivity index (χ4v) is 3.22. The Hall–Kier alpha value is -2.61. The van der Waals surface area contributed by atoms with Crippen LogP contribution in [0.3, 0.4) is 0 Å². The van der Waals surface area contributed by atoms with Crippen LogP contribution in [-0.2, 0) is 12.8 Å². The lowest BCUT2D eigenvalue weighted by molar-refractivity contribution is 0.696. The predicted octanol–water partition coefficient (Wildman–Crippen LogP) is 7.89. The molecule has 1 heterocycles. The molecule has 0 N–H and O–H groups in total. The Morgan fingerprint density at radius 1 is 1.00 bits per heavy atom. The van der Waals surface area contributed by atoms with Crippen LogP contribution in [0.15, 0.2) is 74.4 Å².